The molecular formula is C50H94O4. The lowest BCUT2D eigenvalue weighted by atomic mass is 9.77. The molecule has 0 radical (unpaired) electrons. The molecule has 4 nitrogen and oxygen atoms in total. The summed E-state index contributed by atoms with van der Waals surface area (Å²) < 4.78 is 0. The molecule has 318 valence electrons. The number of allylic oxidation sites excluding steroid dienone is 4. The maximum Gasteiger partial charge on any atom is 0.306 e. The molecule has 0 rings (SSSR count). The van der Waals surface area contributed by atoms with E-state index in [1.807, 2.05) is 0 Å². The Morgan fingerprint density at radius 2 is 0.667 bits per heavy atom. The molecule has 0 spiro atoms. The molecule has 0 heterocycles. The summed E-state index contributed by atoms with van der Waals surface area (Å²) in [5, 5.41) is 20.6. The van der Waals surface area contributed by atoms with Crippen LogP contribution in [-0.4, -0.2) is 22.2 Å². The molecule has 0 amide bonds. The molecule has 0 aromatic heterocycles. The van der Waals surface area contributed by atoms with Gasteiger partial charge in [0.15, 0.2) is 0 Å². The minimum Gasteiger partial charge on any atom is -0.481 e. The summed E-state index contributed by atoms with van der Waals surface area (Å²) in [6, 6.07) is 0. The molecule has 3 atom stereocenters. The third kappa shape index (κ3) is 36.1. The van der Waals surface area contributed by atoms with Crippen LogP contribution in [0.5, 0.6) is 0 Å². The topological polar surface area (TPSA) is 74.6 Å². The molecule has 0 saturated heterocycles. The van der Waals surface area contributed by atoms with Gasteiger partial charge in [-0.25, -0.2) is 0 Å². The van der Waals surface area contributed by atoms with Crippen molar-refractivity contribution in [2.75, 3.05) is 0 Å². The van der Waals surface area contributed by atoms with Gasteiger partial charge in [-0.05, 0) is 83.0 Å². The van der Waals surface area contributed by atoms with Gasteiger partial charge in [-0.2, -0.15) is 0 Å². The van der Waals surface area contributed by atoms with Gasteiger partial charge in [0.1, 0.15) is 0 Å². The van der Waals surface area contributed by atoms with Gasteiger partial charge in [-0.3, -0.25) is 9.59 Å². The predicted octanol–water partition coefficient (Wildman–Crippen LogP) is 17.0. The van der Waals surface area contributed by atoms with E-state index in [-0.39, 0.29) is 5.92 Å². The van der Waals surface area contributed by atoms with E-state index < -0.39 is 23.8 Å². The Morgan fingerprint density at radius 3 is 1.00 bits per heavy atom. The van der Waals surface area contributed by atoms with Gasteiger partial charge in [-0.1, -0.05) is 212 Å². The smallest absolute Gasteiger partial charge is 0.306 e. The average molecular weight is 759 g/mol. The number of hydrogen-bond acceptors (Lipinski definition) is 2. The van der Waals surface area contributed by atoms with Crippen molar-refractivity contribution in [3.63, 3.8) is 0 Å². The van der Waals surface area contributed by atoms with Crippen molar-refractivity contribution in [2.45, 2.75) is 265 Å². The van der Waals surface area contributed by atoms with Crippen LogP contribution in [0.4, 0.5) is 0 Å². The summed E-state index contributed by atoms with van der Waals surface area (Å²) in [6.45, 7) is 6.79. The summed E-state index contributed by atoms with van der Waals surface area (Å²) in [5.74, 6) is -2.34. The fraction of sp³-hybridized carbons (Fsp3) is 0.880. The van der Waals surface area contributed by atoms with Gasteiger partial charge >= 0.3 is 11.9 Å². The van der Waals surface area contributed by atoms with Crippen molar-refractivity contribution in [1.82, 2.24) is 0 Å². The van der Waals surface area contributed by atoms with Crippen LogP contribution in [0.25, 0.3) is 0 Å². The van der Waals surface area contributed by atoms with Gasteiger partial charge in [0.05, 0.1) is 11.8 Å². The molecule has 2 N–H and O–H groups in total. The van der Waals surface area contributed by atoms with Crippen molar-refractivity contribution >= 4 is 11.9 Å². The molecule has 3 unspecified atom stereocenters. The maximum atomic E-state index is 12.7. The van der Waals surface area contributed by atoms with Gasteiger partial charge in [-0.15, -0.1) is 0 Å². The minimum absolute atomic E-state index is 0.0423. The highest BCUT2D eigenvalue weighted by Crippen LogP contribution is 2.33. The Hall–Kier alpha value is -1.58. The Morgan fingerprint density at radius 1 is 0.370 bits per heavy atom. The first-order valence-corrected chi connectivity index (χ1v) is 24.2. The van der Waals surface area contributed by atoms with E-state index in [9.17, 15) is 19.8 Å². The van der Waals surface area contributed by atoms with Crippen molar-refractivity contribution < 1.29 is 19.8 Å². The van der Waals surface area contributed by atoms with Gasteiger partial charge in [0.2, 0.25) is 0 Å². The summed E-state index contributed by atoms with van der Waals surface area (Å²) in [4.78, 5) is 25.1. The largest absolute Gasteiger partial charge is 0.481 e. The Balaban J connectivity index is 4.76. The summed E-state index contributed by atoms with van der Waals surface area (Å²) in [5.41, 5.74) is 0. The SMILES string of the molecule is CCCCCCCCC=CCCCCCCC(CC(CCCCCCCCCCCC)C(CCCCCCC=CCCCCCCCC)C(=O)O)C(=O)O. The predicted molar refractivity (Wildman–Crippen MR) is 236 cm³/mol. The first-order valence-electron chi connectivity index (χ1n) is 24.2. The Bertz CT molecular complexity index is 848. The second-order valence-corrected chi connectivity index (χ2v) is 17.0. The zero-order valence-electron chi connectivity index (χ0n) is 36.6. The zero-order chi connectivity index (χ0) is 39.6. The highest BCUT2D eigenvalue weighted by molar-refractivity contribution is 5.71. The van der Waals surface area contributed by atoms with Crippen LogP contribution in [-0.2, 0) is 9.59 Å². The lowest BCUT2D eigenvalue weighted by Crippen LogP contribution is -2.28. The molecule has 0 aliphatic rings. The van der Waals surface area contributed by atoms with Crippen LogP contribution in [0.1, 0.15) is 265 Å². The lowest BCUT2D eigenvalue weighted by molar-refractivity contribution is -0.147. The van der Waals surface area contributed by atoms with Crippen molar-refractivity contribution in [3.8, 4) is 0 Å². The van der Waals surface area contributed by atoms with E-state index in [1.165, 1.54) is 154 Å². The molecule has 0 aromatic carbocycles. The van der Waals surface area contributed by atoms with Gasteiger partial charge in [0, 0.05) is 0 Å². The Labute approximate surface area is 337 Å². The molecule has 54 heavy (non-hydrogen) atoms. The fourth-order valence-electron chi connectivity index (χ4n) is 8.19. The fourth-order valence-corrected chi connectivity index (χ4v) is 8.19. The van der Waals surface area contributed by atoms with Crippen LogP contribution in [0.2, 0.25) is 0 Å². The zero-order valence-corrected chi connectivity index (χ0v) is 36.6. The lowest BCUT2D eigenvalue weighted by Gasteiger charge is -2.27. The second-order valence-electron chi connectivity index (χ2n) is 17.0. The third-order valence-electron chi connectivity index (χ3n) is 11.8. The molecule has 0 aliphatic heterocycles. The van der Waals surface area contributed by atoms with E-state index in [4.69, 9.17) is 0 Å². The number of carboxylic acid groups (broad SMARTS) is 2. The number of carbonyl (C=O) groups is 2. The highest BCUT2D eigenvalue weighted by atomic mass is 16.4. The van der Waals surface area contributed by atoms with Crippen molar-refractivity contribution in [2.24, 2.45) is 17.8 Å². The van der Waals surface area contributed by atoms with Crippen LogP contribution in [0.15, 0.2) is 24.3 Å². The average Bonchev–Trinajstić information content (AvgIpc) is 3.16. The molecule has 0 bridgehead atoms. The number of unbranched alkanes of at least 4 members (excludes halogenated alkanes) is 29. The number of aliphatic carboxylic acids is 2. The van der Waals surface area contributed by atoms with E-state index >= 15 is 0 Å². The molecule has 4 heteroatoms. The monoisotopic (exact) mass is 759 g/mol. The standard InChI is InChI=1S/C50H94O4/c1-4-7-10-13-16-19-22-24-26-28-31-34-37-40-43-47(49(51)52)45-46(42-39-36-33-30-21-18-15-12-9-6-3)48(50(53)54)44-41-38-35-32-29-27-25-23-20-17-14-11-8-5-2/h24-27,46-48H,4-23,28-45H2,1-3H3,(H,51,52)(H,53,54). The van der Waals surface area contributed by atoms with Crippen LogP contribution >= 0.6 is 0 Å². The number of hydrogen-bond donors (Lipinski definition) is 2. The molecule has 0 aromatic rings. The summed E-state index contributed by atoms with van der Waals surface area (Å²) in [6.07, 6.45) is 54.1. The summed E-state index contributed by atoms with van der Waals surface area (Å²) in [7, 11) is 0. The quantitative estimate of drug-likeness (QED) is 0.0479. The maximum absolute atomic E-state index is 12.7. The van der Waals surface area contributed by atoms with Crippen LogP contribution in [0.3, 0.4) is 0 Å². The molecule has 0 saturated carbocycles. The van der Waals surface area contributed by atoms with Crippen LogP contribution in [0, 0.1) is 17.8 Å². The number of carboxylic acids is 2. The highest BCUT2D eigenvalue weighted by Gasteiger charge is 2.31. The first kappa shape index (κ1) is 52.4. The van der Waals surface area contributed by atoms with E-state index in [0.717, 1.165) is 70.6 Å². The van der Waals surface area contributed by atoms with Crippen molar-refractivity contribution in [1.29, 1.82) is 0 Å². The third-order valence-corrected chi connectivity index (χ3v) is 11.8. The van der Waals surface area contributed by atoms with Crippen LogP contribution < -0.4 is 0 Å². The van der Waals surface area contributed by atoms with Gasteiger partial charge in [0.25, 0.3) is 0 Å². The second kappa shape index (κ2) is 42.6. The van der Waals surface area contributed by atoms with E-state index in [2.05, 4.69) is 45.1 Å². The normalized spacial score (nSPS) is 13.6. The van der Waals surface area contributed by atoms with E-state index in [0.29, 0.717) is 19.3 Å². The molecule has 0 fully saturated rings. The van der Waals surface area contributed by atoms with E-state index in [1.54, 1.807) is 0 Å². The molecule has 0 aliphatic carbocycles. The Kier molecular flexibility index (Phi) is 41.3. The molecular weight excluding hydrogens is 665 g/mol. The number of rotatable bonds is 44. The first-order chi connectivity index (χ1) is 26.5. The van der Waals surface area contributed by atoms with Gasteiger partial charge < -0.3 is 10.2 Å². The summed E-state index contributed by atoms with van der Waals surface area (Å²) >= 11 is 0. The minimum atomic E-state index is -0.727. The van der Waals surface area contributed by atoms with Crippen molar-refractivity contribution in [3.05, 3.63) is 24.3 Å².